The molecule has 0 spiro atoms. The molecular formula is C12H18ClN5. The molecule has 0 aliphatic heterocycles. The molecule has 1 rings (SSSR count). The Balaban J connectivity index is 2.87. The standard InChI is InChI=1S/C12H18ClN5/c1-3-7-15-12-16-9-10(13)11(17-12)18(4-2)8-5-6-14/h9H,3-5,7-8H2,1-2H3,(H,15,16,17). The zero-order chi connectivity index (χ0) is 13.4. The first-order chi connectivity index (χ1) is 8.72. The Labute approximate surface area is 113 Å². The van der Waals surface area contributed by atoms with Crippen LogP contribution in [-0.4, -0.2) is 29.6 Å². The Bertz CT molecular complexity index is 415. The molecule has 1 aromatic heterocycles. The van der Waals surface area contributed by atoms with Crippen LogP contribution < -0.4 is 10.2 Å². The fourth-order valence-corrected chi connectivity index (χ4v) is 1.71. The predicted octanol–water partition coefficient (Wildman–Crippen LogP) is 2.69. The number of anilines is 2. The summed E-state index contributed by atoms with van der Waals surface area (Å²) in [6.07, 6.45) is 3.05. The first-order valence-corrected chi connectivity index (χ1v) is 6.49. The highest BCUT2D eigenvalue weighted by molar-refractivity contribution is 6.32. The van der Waals surface area contributed by atoms with Crippen molar-refractivity contribution >= 4 is 23.4 Å². The van der Waals surface area contributed by atoms with Gasteiger partial charge >= 0.3 is 0 Å². The second-order valence-corrected chi connectivity index (χ2v) is 4.19. The summed E-state index contributed by atoms with van der Waals surface area (Å²) >= 11 is 6.11. The SMILES string of the molecule is CCCNc1ncc(Cl)c(N(CC)CCC#N)n1. The topological polar surface area (TPSA) is 64.8 Å². The van der Waals surface area contributed by atoms with Crippen molar-refractivity contribution in [3.8, 4) is 6.07 Å². The summed E-state index contributed by atoms with van der Waals surface area (Å²) < 4.78 is 0. The highest BCUT2D eigenvalue weighted by Gasteiger charge is 2.12. The molecule has 0 bridgehead atoms. The molecule has 0 saturated heterocycles. The highest BCUT2D eigenvalue weighted by atomic mass is 35.5. The van der Waals surface area contributed by atoms with Gasteiger partial charge in [-0.1, -0.05) is 18.5 Å². The van der Waals surface area contributed by atoms with E-state index in [0.29, 0.717) is 29.8 Å². The number of aromatic nitrogens is 2. The van der Waals surface area contributed by atoms with Gasteiger partial charge in [-0.15, -0.1) is 0 Å². The van der Waals surface area contributed by atoms with Crippen LogP contribution in [0.4, 0.5) is 11.8 Å². The smallest absolute Gasteiger partial charge is 0.224 e. The van der Waals surface area contributed by atoms with Crippen molar-refractivity contribution in [2.75, 3.05) is 29.9 Å². The molecule has 0 amide bonds. The third kappa shape index (κ3) is 4.04. The van der Waals surface area contributed by atoms with Crippen molar-refractivity contribution in [2.24, 2.45) is 0 Å². The van der Waals surface area contributed by atoms with Crippen molar-refractivity contribution in [3.63, 3.8) is 0 Å². The number of hydrogen-bond acceptors (Lipinski definition) is 5. The zero-order valence-electron chi connectivity index (χ0n) is 10.8. The van der Waals surface area contributed by atoms with Crippen LogP contribution in [-0.2, 0) is 0 Å². The molecule has 1 heterocycles. The van der Waals surface area contributed by atoms with Crippen LogP contribution >= 0.6 is 11.6 Å². The summed E-state index contributed by atoms with van der Waals surface area (Å²) in [6, 6.07) is 2.13. The van der Waals surface area contributed by atoms with Gasteiger partial charge in [-0.05, 0) is 13.3 Å². The number of hydrogen-bond donors (Lipinski definition) is 1. The van der Waals surface area contributed by atoms with Crippen LogP contribution in [0, 0.1) is 11.3 Å². The number of halogens is 1. The van der Waals surface area contributed by atoms with E-state index in [-0.39, 0.29) is 0 Å². The minimum Gasteiger partial charge on any atom is -0.354 e. The van der Waals surface area contributed by atoms with E-state index in [1.807, 2.05) is 11.8 Å². The maximum atomic E-state index is 8.64. The van der Waals surface area contributed by atoms with Gasteiger partial charge in [0.2, 0.25) is 5.95 Å². The van der Waals surface area contributed by atoms with Crippen molar-refractivity contribution in [3.05, 3.63) is 11.2 Å². The monoisotopic (exact) mass is 267 g/mol. The molecular weight excluding hydrogens is 250 g/mol. The van der Waals surface area contributed by atoms with Gasteiger partial charge in [0.15, 0.2) is 5.82 Å². The van der Waals surface area contributed by atoms with Gasteiger partial charge in [0.25, 0.3) is 0 Å². The molecule has 0 fully saturated rings. The van der Waals surface area contributed by atoms with Crippen LogP contribution in [0.25, 0.3) is 0 Å². The maximum Gasteiger partial charge on any atom is 0.224 e. The molecule has 0 radical (unpaired) electrons. The Morgan fingerprint density at radius 1 is 1.50 bits per heavy atom. The first kappa shape index (κ1) is 14.5. The molecule has 0 aliphatic rings. The van der Waals surface area contributed by atoms with E-state index >= 15 is 0 Å². The van der Waals surface area contributed by atoms with Gasteiger partial charge in [0.1, 0.15) is 5.02 Å². The van der Waals surface area contributed by atoms with Crippen LogP contribution in [0.3, 0.4) is 0 Å². The molecule has 1 N–H and O–H groups in total. The summed E-state index contributed by atoms with van der Waals surface area (Å²) in [6.45, 7) is 6.29. The second kappa shape index (κ2) is 7.72. The van der Waals surface area contributed by atoms with Crippen molar-refractivity contribution in [1.82, 2.24) is 9.97 Å². The van der Waals surface area contributed by atoms with Crippen molar-refractivity contribution in [2.45, 2.75) is 26.7 Å². The minimum atomic E-state index is 0.450. The van der Waals surface area contributed by atoms with Crippen molar-refractivity contribution in [1.29, 1.82) is 5.26 Å². The van der Waals surface area contributed by atoms with Gasteiger partial charge in [-0.3, -0.25) is 0 Å². The largest absolute Gasteiger partial charge is 0.354 e. The number of rotatable bonds is 7. The lowest BCUT2D eigenvalue weighted by molar-refractivity contribution is 0.807. The van der Waals surface area contributed by atoms with Gasteiger partial charge < -0.3 is 10.2 Å². The van der Waals surface area contributed by atoms with E-state index in [1.165, 1.54) is 0 Å². The summed E-state index contributed by atoms with van der Waals surface area (Å²) in [4.78, 5) is 10.5. The summed E-state index contributed by atoms with van der Waals surface area (Å²) in [7, 11) is 0. The molecule has 18 heavy (non-hydrogen) atoms. The molecule has 98 valence electrons. The lowest BCUT2D eigenvalue weighted by Crippen LogP contribution is -2.25. The second-order valence-electron chi connectivity index (χ2n) is 3.78. The van der Waals surface area contributed by atoms with Crippen LogP contribution in [0.2, 0.25) is 5.02 Å². The summed E-state index contributed by atoms with van der Waals surface area (Å²) in [5.74, 6) is 1.26. The minimum absolute atomic E-state index is 0.450. The zero-order valence-corrected chi connectivity index (χ0v) is 11.5. The van der Waals surface area contributed by atoms with E-state index < -0.39 is 0 Å². The van der Waals surface area contributed by atoms with Crippen LogP contribution in [0.15, 0.2) is 6.20 Å². The molecule has 5 nitrogen and oxygen atoms in total. The van der Waals surface area contributed by atoms with E-state index in [0.717, 1.165) is 19.5 Å². The number of nitriles is 1. The van der Waals surface area contributed by atoms with Crippen LogP contribution in [0.5, 0.6) is 0 Å². The quantitative estimate of drug-likeness (QED) is 0.823. The van der Waals surface area contributed by atoms with Crippen LogP contribution in [0.1, 0.15) is 26.7 Å². The average molecular weight is 268 g/mol. The maximum absolute atomic E-state index is 8.64. The first-order valence-electron chi connectivity index (χ1n) is 6.11. The van der Waals surface area contributed by atoms with E-state index in [2.05, 4.69) is 28.3 Å². The third-order valence-electron chi connectivity index (χ3n) is 2.43. The Morgan fingerprint density at radius 2 is 2.28 bits per heavy atom. The molecule has 0 saturated carbocycles. The highest BCUT2D eigenvalue weighted by Crippen LogP contribution is 2.23. The summed E-state index contributed by atoms with van der Waals surface area (Å²) in [5.41, 5.74) is 0. The predicted molar refractivity (Wildman–Crippen MR) is 73.9 cm³/mol. The summed E-state index contributed by atoms with van der Waals surface area (Å²) in [5, 5.41) is 12.3. The van der Waals surface area contributed by atoms with E-state index in [1.54, 1.807) is 6.20 Å². The van der Waals surface area contributed by atoms with E-state index in [4.69, 9.17) is 16.9 Å². The number of nitrogens with one attached hydrogen (secondary N) is 1. The molecule has 0 aromatic carbocycles. The fraction of sp³-hybridized carbons (Fsp3) is 0.583. The molecule has 1 aromatic rings. The van der Waals surface area contributed by atoms with Crippen molar-refractivity contribution < 1.29 is 0 Å². The van der Waals surface area contributed by atoms with Gasteiger partial charge in [-0.25, -0.2) is 4.98 Å². The molecule has 0 atom stereocenters. The fourth-order valence-electron chi connectivity index (χ4n) is 1.50. The molecule has 6 heteroatoms. The lowest BCUT2D eigenvalue weighted by Gasteiger charge is -2.22. The molecule has 0 unspecified atom stereocenters. The lowest BCUT2D eigenvalue weighted by atomic mass is 10.4. The van der Waals surface area contributed by atoms with Gasteiger partial charge in [0.05, 0.1) is 18.7 Å². The Kier molecular flexibility index (Phi) is 6.23. The number of nitrogens with zero attached hydrogens (tertiary/aromatic N) is 4. The Hall–Kier alpha value is -1.54. The van der Waals surface area contributed by atoms with E-state index in [9.17, 15) is 0 Å². The van der Waals surface area contributed by atoms with Gasteiger partial charge in [0, 0.05) is 19.6 Å². The third-order valence-corrected chi connectivity index (χ3v) is 2.70. The Morgan fingerprint density at radius 3 is 2.89 bits per heavy atom. The normalized spacial score (nSPS) is 9.89. The van der Waals surface area contributed by atoms with Gasteiger partial charge in [-0.2, -0.15) is 10.2 Å². The molecule has 0 aliphatic carbocycles. The average Bonchev–Trinajstić information content (AvgIpc) is 2.39.